The van der Waals surface area contributed by atoms with Crippen LogP contribution in [0.2, 0.25) is 5.02 Å². The molecule has 26 heavy (non-hydrogen) atoms. The molecule has 5 nitrogen and oxygen atoms in total. The molecule has 1 amide bonds. The van der Waals surface area contributed by atoms with Crippen LogP contribution in [0.3, 0.4) is 0 Å². The zero-order valence-electron chi connectivity index (χ0n) is 14.7. The number of rotatable bonds is 6. The minimum Gasteiger partial charge on any atom is -0.494 e. The molecule has 2 aromatic carbocycles. The number of nitrogens with one attached hydrogen (secondary N) is 1. The van der Waals surface area contributed by atoms with Gasteiger partial charge in [0.15, 0.2) is 11.2 Å². The normalized spacial score (nSPS) is 12.0. The van der Waals surface area contributed by atoms with Gasteiger partial charge in [-0.3, -0.25) is 10.1 Å². The molecule has 0 aliphatic rings. The first-order valence-corrected chi connectivity index (χ1v) is 9.42. The molecule has 0 saturated heterocycles. The second kappa shape index (κ2) is 7.93. The number of ether oxygens (including phenoxy) is 2. The van der Waals surface area contributed by atoms with Crippen molar-refractivity contribution in [2.24, 2.45) is 0 Å². The maximum absolute atomic E-state index is 12.4. The number of benzene rings is 2. The summed E-state index contributed by atoms with van der Waals surface area (Å²) < 4.78 is 12.1. The number of nitrogens with zero attached hydrogens (tertiary/aromatic N) is 1. The molecule has 136 valence electrons. The smallest absolute Gasteiger partial charge is 0.266 e. The number of carbonyl (C=O) groups excluding carboxylic acids is 1. The van der Waals surface area contributed by atoms with Crippen LogP contribution >= 0.6 is 22.9 Å². The molecule has 1 unspecified atom stereocenters. The summed E-state index contributed by atoms with van der Waals surface area (Å²) >= 11 is 7.40. The second-order valence-corrected chi connectivity index (χ2v) is 7.18. The van der Waals surface area contributed by atoms with E-state index in [1.54, 1.807) is 25.1 Å². The molecular weight excluding hydrogens is 372 g/mol. The predicted octanol–water partition coefficient (Wildman–Crippen LogP) is 5.06. The average Bonchev–Trinajstić information content (AvgIpc) is 3.00. The van der Waals surface area contributed by atoms with Gasteiger partial charge in [0.1, 0.15) is 11.5 Å². The Balaban J connectivity index is 1.68. The third-order valence-corrected chi connectivity index (χ3v) is 5.07. The molecule has 0 fully saturated rings. The number of anilines is 1. The maximum Gasteiger partial charge on any atom is 0.266 e. The van der Waals surface area contributed by atoms with E-state index in [9.17, 15) is 4.79 Å². The fourth-order valence-corrected chi connectivity index (χ4v) is 3.38. The van der Waals surface area contributed by atoms with E-state index in [1.165, 1.54) is 11.3 Å². The summed E-state index contributed by atoms with van der Waals surface area (Å²) in [7, 11) is 0. The molecule has 1 aromatic heterocycles. The van der Waals surface area contributed by atoms with Crippen molar-refractivity contribution in [3.63, 3.8) is 0 Å². The van der Waals surface area contributed by atoms with Gasteiger partial charge in [-0.05, 0) is 62.7 Å². The summed E-state index contributed by atoms with van der Waals surface area (Å²) in [6, 6.07) is 11.0. The van der Waals surface area contributed by atoms with Gasteiger partial charge in [0.2, 0.25) is 0 Å². The first-order chi connectivity index (χ1) is 12.5. The zero-order valence-corrected chi connectivity index (χ0v) is 16.3. The minimum absolute atomic E-state index is 0.262. The van der Waals surface area contributed by atoms with Crippen LogP contribution in [0, 0.1) is 6.92 Å². The Bertz CT molecular complexity index is 942. The molecule has 0 aliphatic carbocycles. The van der Waals surface area contributed by atoms with Gasteiger partial charge in [-0.1, -0.05) is 22.9 Å². The van der Waals surface area contributed by atoms with Crippen LogP contribution in [-0.4, -0.2) is 23.6 Å². The monoisotopic (exact) mass is 390 g/mol. The SMILES string of the molecule is CCOc1ccc2nc(NC(=O)C(C)Oc3ccc(Cl)c(C)c3)sc2c1. The van der Waals surface area contributed by atoms with E-state index in [1.807, 2.05) is 32.0 Å². The van der Waals surface area contributed by atoms with Crippen LogP contribution in [0.15, 0.2) is 36.4 Å². The van der Waals surface area contributed by atoms with E-state index in [-0.39, 0.29) is 5.91 Å². The summed E-state index contributed by atoms with van der Waals surface area (Å²) in [6.45, 7) is 6.12. The Morgan fingerprint density at radius 3 is 2.77 bits per heavy atom. The number of thiazole rings is 1. The Morgan fingerprint density at radius 2 is 2.04 bits per heavy atom. The van der Waals surface area contributed by atoms with Crippen molar-refractivity contribution in [3.8, 4) is 11.5 Å². The molecule has 1 N–H and O–H groups in total. The number of aromatic nitrogens is 1. The van der Waals surface area contributed by atoms with Gasteiger partial charge < -0.3 is 9.47 Å². The third kappa shape index (κ3) is 4.26. The number of carbonyl (C=O) groups is 1. The van der Waals surface area contributed by atoms with Crippen LogP contribution < -0.4 is 14.8 Å². The molecule has 0 radical (unpaired) electrons. The third-order valence-electron chi connectivity index (χ3n) is 3.71. The first kappa shape index (κ1) is 18.5. The highest BCUT2D eigenvalue weighted by atomic mass is 35.5. The molecular formula is C19H19ClN2O3S. The lowest BCUT2D eigenvalue weighted by Gasteiger charge is -2.14. The van der Waals surface area contributed by atoms with E-state index in [2.05, 4.69) is 10.3 Å². The molecule has 0 aliphatic heterocycles. The summed E-state index contributed by atoms with van der Waals surface area (Å²) in [4.78, 5) is 16.8. The van der Waals surface area contributed by atoms with E-state index >= 15 is 0 Å². The van der Waals surface area contributed by atoms with Crippen LogP contribution in [0.4, 0.5) is 5.13 Å². The molecule has 1 heterocycles. The minimum atomic E-state index is -0.665. The van der Waals surface area contributed by atoms with Crippen molar-refractivity contribution in [1.82, 2.24) is 4.98 Å². The molecule has 0 bridgehead atoms. The van der Waals surface area contributed by atoms with Crippen LogP contribution in [0.1, 0.15) is 19.4 Å². The van der Waals surface area contributed by atoms with Crippen LogP contribution in [-0.2, 0) is 4.79 Å². The van der Waals surface area contributed by atoms with Crippen molar-refractivity contribution in [2.45, 2.75) is 26.9 Å². The van der Waals surface area contributed by atoms with Crippen molar-refractivity contribution < 1.29 is 14.3 Å². The number of amides is 1. The van der Waals surface area contributed by atoms with Gasteiger partial charge in [0.25, 0.3) is 5.91 Å². The first-order valence-electron chi connectivity index (χ1n) is 8.23. The number of aryl methyl sites for hydroxylation is 1. The molecule has 0 saturated carbocycles. The lowest BCUT2D eigenvalue weighted by Crippen LogP contribution is -2.30. The van der Waals surface area contributed by atoms with Gasteiger partial charge in [-0.2, -0.15) is 0 Å². The van der Waals surface area contributed by atoms with E-state index in [0.717, 1.165) is 21.5 Å². The van der Waals surface area contributed by atoms with Gasteiger partial charge in [-0.15, -0.1) is 0 Å². The fourth-order valence-electron chi connectivity index (χ4n) is 2.37. The van der Waals surface area contributed by atoms with E-state index in [4.69, 9.17) is 21.1 Å². The number of halogens is 1. The topological polar surface area (TPSA) is 60.5 Å². The van der Waals surface area contributed by atoms with Crippen molar-refractivity contribution in [3.05, 3.63) is 47.0 Å². The van der Waals surface area contributed by atoms with Gasteiger partial charge in [0, 0.05) is 5.02 Å². The van der Waals surface area contributed by atoms with Crippen LogP contribution in [0.25, 0.3) is 10.2 Å². The van der Waals surface area contributed by atoms with E-state index in [0.29, 0.717) is 22.5 Å². The van der Waals surface area contributed by atoms with Crippen molar-refractivity contribution in [1.29, 1.82) is 0 Å². The van der Waals surface area contributed by atoms with Crippen LogP contribution in [0.5, 0.6) is 11.5 Å². The highest BCUT2D eigenvalue weighted by molar-refractivity contribution is 7.22. The summed E-state index contributed by atoms with van der Waals surface area (Å²) in [5.74, 6) is 1.12. The molecule has 3 aromatic rings. The van der Waals surface area contributed by atoms with Crippen molar-refractivity contribution in [2.75, 3.05) is 11.9 Å². The second-order valence-electron chi connectivity index (χ2n) is 5.74. The van der Waals surface area contributed by atoms with Gasteiger partial charge >= 0.3 is 0 Å². The highest BCUT2D eigenvalue weighted by Crippen LogP contribution is 2.29. The maximum atomic E-state index is 12.4. The molecule has 7 heteroatoms. The largest absolute Gasteiger partial charge is 0.494 e. The number of hydrogen-bond donors (Lipinski definition) is 1. The average molecular weight is 391 g/mol. The lowest BCUT2D eigenvalue weighted by molar-refractivity contribution is -0.122. The van der Waals surface area contributed by atoms with E-state index < -0.39 is 6.10 Å². The molecule has 1 atom stereocenters. The summed E-state index contributed by atoms with van der Waals surface area (Å²) in [5, 5.41) is 4.00. The Labute approximate surface area is 160 Å². The molecule has 0 spiro atoms. The highest BCUT2D eigenvalue weighted by Gasteiger charge is 2.17. The quantitative estimate of drug-likeness (QED) is 0.638. The van der Waals surface area contributed by atoms with Crippen molar-refractivity contribution >= 4 is 44.2 Å². The summed E-state index contributed by atoms with van der Waals surface area (Å²) in [6.07, 6.45) is -0.665. The zero-order chi connectivity index (χ0) is 18.7. The standard InChI is InChI=1S/C19H19ClN2O3S/c1-4-24-13-6-8-16-17(10-13)26-19(21-16)22-18(23)12(3)25-14-5-7-15(20)11(2)9-14/h5-10,12H,4H2,1-3H3,(H,21,22,23). The Kier molecular flexibility index (Phi) is 5.64. The number of hydrogen-bond acceptors (Lipinski definition) is 5. The lowest BCUT2D eigenvalue weighted by atomic mass is 10.2. The number of fused-ring (bicyclic) bond motifs is 1. The molecule has 3 rings (SSSR count). The van der Waals surface area contributed by atoms with Gasteiger partial charge in [-0.25, -0.2) is 4.98 Å². The predicted molar refractivity (Wildman–Crippen MR) is 106 cm³/mol. The van der Waals surface area contributed by atoms with Gasteiger partial charge in [0.05, 0.1) is 16.8 Å². The fraction of sp³-hybridized carbons (Fsp3) is 0.263. The Hall–Kier alpha value is -2.31. The Morgan fingerprint density at radius 1 is 1.27 bits per heavy atom. The summed E-state index contributed by atoms with van der Waals surface area (Å²) in [5.41, 5.74) is 1.71.